The zero-order chi connectivity index (χ0) is 9.64. The van der Waals surface area contributed by atoms with Gasteiger partial charge in [0, 0.05) is 0 Å². The molecule has 0 amide bonds. The Morgan fingerprint density at radius 2 is 1.86 bits per heavy atom. The Hall–Kier alpha value is -1.15. The van der Waals surface area contributed by atoms with Crippen LogP contribution in [0, 0.1) is 0 Å². The summed E-state index contributed by atoms with van der Waals surface area (Å²) in [5, 5.41) is 0. The lowest BCUT2D eigenvalue weighted by Crippen LogP contribution is -1.61. The maximum Gasteiger partial charge on any atom is 0.0812 e. The Morgan fingerprint density at radius 3 is 2.50 bits per heavy atom. The number of benzene rings is 1. The van der Waals surface area contributed by atoms with Crippen LogP contribution in [0.15, 0.2) is 41.9 Å². The molecule has 0 atom stereocenters. The van der Waals surface area contributed by atoms with Crippen molar-refractivity contribution in [2.75, 3.05) is 0 Å². The Morgan fingerprint density at radius 1 is 1.07 bits per heavy atom. The average Bonchev–Trinajstić information content (AvgIpc) is 2.92. The van der Waals surface area contributed by atoms with Crippen molar-refractivity contribution < 1.29 is 0 Å². The van der Waals surface area contributed by atoms with Gasteiger partial charge in [-0.05, 0) is 31.4 Å². The minimum Gasteiger partial charge on any atom is -0.245 e. The monoisotopic (exact) mass is 203 g/mol. The zero-order valence-corrected chi connectivity index (χ0v) is 8.83. The van der Waals surface area contributed by atoms with E-state index in [9.17, 15) is 0 Å². The van der Waals surface area contributed by atoms with Gasteiger partial charge < -0.3 is 0 Å². The zero-order valence-electron chi connectivity index (χ0n) is 8.02. The van der Waals surface area contributed by atoms with Crippen LogP contribution in [0.1, 0.15) is 19.3 Å². The first kappa shape index (κ1) is 9.41. The molecule has 1 aliphatic carbocycles. The van der Waals surface area contributed by atoms with E-state index < -0.39 is 0 Å². The van der Waals surface area contributed by atoms with Crippen LogP contribution in [0.5, 0.6) is 0 Å². The molecule has 1 aromatic carbocycles. The van der Waals surface area contributed by atoms with Gasteiger partial charge in [-0.2, -0.15) is 0 Å². The Kier molecular flexibility index (Phi) is 3.30. The molecule has 0 saturated heterocycles. The van der Waals surface area contributed by atoms with E-state index in [0.29, 0.717) is 0 Å². The number of thiazole rings is 1. The largest absolute Gasteiger partial charge is 0.245 e. The molecule has 3 rings (SSSR count). The molecule has 0 unspecified atom stereocenters. The lowest BCUT2D eigenvalue weighted by Gasteiger charge is -1.80. The van der Waals surface area contributed by atoms with Crippen LogP contribution in [0.2, 0.25) is 0 Å². The number of rotatable bonds is 0. The van der Waals surface area contributed by atoms with Crippen LogP contribution in [-0.2, 0) is 0 Å². The molecule has 1 aliphatic rings. The Labute approximate surface area is 88.1 Å². The third kappa shape index (κ3) is 2.42. The number of allylic oxidation sites excluding steroid dienone is 2. The quantitative estimate of drug-likeness (QED) is 0.589. The van der Waals surface area contributed by atoms with Gasteiger partial charge in [-0.3, -0.25) is 0 Å². The van der Waals surface area contributed by atoms with E-state index >= 15 is 0 Å². The first-order valence-corrected chi connectivity index (χ1v) is 5.78. The van der Waals surface area contributed by atoms with Crippen molar-refractivity contribution in [3.8, 4) is 0 Å². The van der Waals surface area contributed by atoms with E-state index in [0.717, 1.165) is 5.52 Å². The van der Waals surface area contributed by atoms with Gasteiger partial charge in [0.1, 0.15) is 0 Å². The topological polar surface area (TPSA) is 12.9 Å². The summed E-state index contributed by atoms with van der Waals surface area (Å²) < 4.78 is 1.26. The molecule has 2 aromatic rings. The van der Waals surface area contributed by atoms with E-state index in [-0.39, 0.29) is 0 Å². The van der Waals surface area contributed by atoms with Crippen LogP contribution >= 0.6 is 11.3 Å². The van der Waals surface area contributed by atoms with E-state index in [2.05, 4.69) is 23.2 Å². The highest BCUT2D eigenvalue weighted by molar-refractivity contribution is 7.16. The van der Waals surface area contributed by atoms with Crippen LogP contribution in [-0.4, -0.2) is 4.98 Å². The molecule has 2 heteroatoms. The minimum absolute atomic E-state index is 1.10. The molecule has 14 heavy (non-hydrogen) atoms. The molecule has 72 valence electrons. The fourth-order valence-electron chi connectivity index (χ4n) is 1.39. The lowest BCUT2D eigenvalue weighted by molar-refractivity contribution is 0.929. The second-order valence-electron chi connectivity index (χ2n) is 3.22. The standard InChI is InChI=1S/C7H5NS.C5H8/c1-2-4-7-6(3-1)8-5-9-7;1-2-4-5-3-1/h1-5H;1-2H,3-5H2. The summed E-state index contributed by atoms with van der Waals surface area (Å²) in [5.41, 5.74) is 2.97. The third-order valence-electron chi connectivity index (χ3n) is 2.14. The molecule has 0 aliphatic heterocycles. The number of nitrogens with zero attached hydrogens (tertiary/aromatic N) is 1. The first-order chi connectivity index (χ1) is 6.97. The molecular formula is C12H13NS. The molecule has 0 bridgehead atoms. The number of para-hydroxylation sites is 1. The number of hydrogen-bond donors (Lipinski definition) is 0. The van der Waals surface area contributed by atoms with Crippen molar-refractivity contribution in [3.63, 3.8) is 0 Å². The molecule has 0 N–H and O–H groups in total. The van der Waals surface area contributed by atoms with Crippen molar-refractivity contribution in [2.24, 2.45) is 0 Å². The molecule has 0 saturated carbocycles. The summed E-state index contributed by atoms with van der Waals surface area (Å²) in [4.78, 5) is 4.14. The fraction of sp³-hybridized carbons (Fsp3) is 0.250. The van der Waals surface area contributed by atoms with E-state index in [4.69, 9.17) is 0 Å². The molecule has 0 fully saturated rings. The molecular weight excluding hydrogens is 190 g/mol. The highest BCUT2D eigenvalue weighted by Gasteiger charge is 1.89. The molecule has 1 heterocycles. The van der Waals surface area contributed by atoms with Gasteiger partial charge in [0.05, 0.1) is 15.7 Å². The summed E-state index contributed by atoms with van der Waals surface area (Å²) in [6.07, 6.45) is 8.50. The van der Waals surface area contributed by atoms with Gasteiger partial charge in [-0.1, -0.05) is 24.3 Å². The van der Waals surface area contributed by atoms with E-state index in [1.807, 2.05) is 23.7 Å². The number of aromatic nitrogens is 1. The highest BCUT2D eigenvalue weighted by Crippen LogP contribution is 2.15. The van der Waals surface area contributed by atoms with E-state index in [1.54, 1.807) is 11.3 Å². The summed E-state index contributed by atoms with van der Waals surface area (Å²) >= 11 is 1.68. The highest BCUT2D eigenvalue weighted by atomic mass is 32.1. The predicted octanol–water partition coefficient (Wildman–Crippen LogP) is 4.02. The van der Waals surface area contributed by atoms with Gasteiger partial charge in [0.25, 0.3) is 0 Å². The van der Waals surface area contributed by atoms with E-state index in [1.165, 1.54) is 24.0 Å². The average molecular weight is 203 g/mol. The summed E-state index contributed by atoms with van der Waals surface area (Å²) in [6, 6.07) is 8.13. The van der Waals surface area contributed by atoms with Gasteiger partial charge in [0.2, 0.25) is 0 Å². The Balaban J connectivity index is 0.000000128. The van der Waals surface area contributed by atoms with Crippen LogP contribution in [0.25, 0.3) is 10.2 Å². The smallest absolute Gasteiger partial charge is 0.0812 e. The normalized spacial score (nSPS) is 14.0. The lowest BCUT2D eigenvalue weighted by atomic mass is 10.3. The number of hydrogen-bond acceptors (Lipinski definition) is 2. The molecule has 1 aromatic heterocycles. The van der Waals surface area contributed by atoms with Crippen molar-refractivity contribution in [2.45, 2.75) is 19.3 Å². The third-order valence-corrected chi connectivity index (χ3v) is 2.95. The van der Waals surface area contributed by atoms with Crippen LogP contribution in [0.3, 0.4) is 0 Å². The van der Waals surface area contributed by atoms with Crippen LogP contribution < -0.4 is 0 Å². The molecule has 0 spiro atoms. The SMILES string of the molecule is C1=CCCC1.c1ccc2scnc2c1. The van der Waals surface area contributed by atoms with Gasteiger partial charge >= 0.3 is 0 Å². The van der Waals surface area contributed by atoms with Crippen molar-refractivity contribution >= 4 is 21.6 Å². The fourth-order valence-corrected chi connectivity index (χ4v) is 2.07. The van der Waals surface area contributed by atoms with Crippen molar-refractivity contribution in [3.05, 3.63) is 41.9 Å². The van der Waals surface area contributed by atoms with Crippen LogP contribution in [0.4, 0.5) is 0 Å². The van der Waals surface area contributed by atoms with Crippen molar-refractivity contribution in [1.29, 1.82) is 0 Å². The maximum atomic E-state index is 4.14. The number of fused-ring (bicyclic) bond motifs is 1. The molecule has 0 radical (unpaired) electrons. The molecule has 1 nitrogen and oxygen atoms in total. The summed E-state index contributed by atoms with van der Waals surface area (Å²) in [7, 11) is 0. The van der Waals surface area contributed by atoms with Gasteiger partial charge in [0.15, 0.2) is 0 Å². The Bertz CT molecular complexity index is 381. The summed E-state index contributed by atoms with van der Waals surface area (Å²) in [5.74, 6) is 0. The minimum atomic E-state index is 1.10. The van der Waals surface area contributed by atoms with Gasteiger partial charge in [-0.25, -0.2) is 4.98 Å². The predicted molar refractivity (Wildman–Crippen MR) is 62.6 cm³/mol. The van der Waals surface area contributed by atoms with Crippen molar-refractivity contribution in [1.82, 2.24) is 4.98 Å². The first-order valence-electron chi connectivity index (χ1n) is 4.90. The second kappa shape index (κ2) is 4.91. The summed E-state index contributed by atoms with van der Waals surface area (Å²) in [6.45, 7) is 0. The van der Waals surface area contributed by atoms with Gasteiger partial charge in [-0.15, -0.1) is 11.3 Å². The second-order valence-corrected chi connectivity index (χ2v) is 4.11. The maximum absolute atomic E-state index is 4.14.